The van der Waals surface area contributed by atoms with E-state index in [1.807, 2.05) is 60.8 Å². The minimum atomic E-state index is -0.431. The van der Waals surface area contributed by atoms with Crippen LogP contribution in [0.1, 0.15) is 24.5 Å². The number of fused-ring (bicyclic) bond motifs is 4. The average Bonchev–Trinajstić information content (AvgIpc) is 2.83. The van der Waals surface area contributed by atoms with Crippen LogP contribution in [0.4, 0.5) is 10.5 Å². The molecule has 3 aromatic rings. The third-order valence-corrected chi connectivity index (χ3v) is 6.75. The second-order valence-corrected chi connectivity index (χ2v) is 8.48. The number of aromatic nitrogens is 1. The summed E-state index contributed by atoms with van der Waals surface area (Å²) in [4.78, 5) is 19.9. The summed E-state index contributed by atoms with van der Waals surface area (Å²) in [6, 6.07) is 19.6. The Hall–Kier alpha value is -3.18. The van der Waals surface area contributed by atoms with Crippen LogP contribution in [0.25, 0.3) is 10.9 Å². The molecule has 0 aliphatic carbocycles. The van der Waals surface area contributed by atoms with Crippen molar-refractivity contribution in [1.29, 1.82) is 0 Å². The highest BCUT2D eigenvalue weighted by Gasteiger charge is 2.44. The van der Waals surface area contributed by atoms with Gasteiger partial charge in [0.25, 0.3) is 0 Å². The molecule has 1 N–H and O–H groups in total. The fraction of sp³-hybridized carbons (Fsp3) is 0.308. The van der Waals surface area contributed by atoms with Gasteiger partial charge in [0.1, 0.15) is 6.10 Å². The molecule has 3 saturated heterocycles. The van der Waals surface area contributed by atoms with Crippen molar-refractivity contribution in [3.8, 4) is 0 Å². The number of nitrogens with zero attached hydrogens (tertiary/aromatic N) is 2. The molecule has 1 amide bonds. The van der Waals surface area contributed by atoms with Gasteiger partial charge in [-0.05, 0) is 55.5 Å². The summed E-state index contributed by atoms with van der Waals surface area (Å²) in [5.41, 5.74) is 2.65. The molecule has 158 valence electrons. The summed E-state index contributed by atoms with van der Waals surface area (Å²) in [6.07, 6.45) is 5.27. The van der Waals surface area contributed by atoms with Crippen LogP contribution >= 0.6 is 0 Å². The largest absolute Gasteiger partial charge is 0.439 e. The summed E-state index contributed by atoms with van der Waals surface area (Å²) < 4.78 is 6.16. The Labute approximate surface area is 182 Å². The summed E-state index contributed by atoms with van der Waals surface area (Å²) >= 11 is 0. The van der Waals surface area contributed by atoms with Gasteiger partial charge in [-0.25, -0.2) is 4.79 Å². The maximum Gasteiger partial charge on any atom is 0.412 e. The summed E-state index contributed by atoms with van der Waals surface area (Å²) in [5.74, 6) is 1.10. The van der Waals surface area contributed by atoms with Crippen LogP contribution in [0.2, 0.25) is 0 Å². The van der Waals surface area contributed by atoms with Crippen molar-refractivity contribution < 1.29 is 9.53 Å². The molecule has 2 aromatic carbocycles. The Balaban J connectivity index is 1.48. The second kappa shape index (κ2) is 8.52. The lowest BCUT2D eigenvalue weighted by molar-refractivity contribution is -0.0473. The van der Waals surface area contributed by atoms with Gasteiger partial charge in [-0.3, -0.25) is 15.2 Å². The number of anilines is 1. The van der Waals surface area contributed by atoms with Gasteiger partial charge < -0.3 is 4.74 Å². The molecule has 6 rings (SSSR count). The number of hydrogen-bond donors (Lipinski definition) is 1. The maximum absolute atomic E-state index is 12.9. The summed E-state index contributed by atoms with van der Waals surface area (Å²) in [6.45, 7) is 6.04. The van der Waals surface area contributed by atoms with Gasteiger partial charge >= 0.3 is 6.09 Å². The topological polar surface area (TPSA) is 54.5 Å². The Morgan fingerprint density at radius 3 is 2.74 bits per heavy atom. The number of rotatable bonds is 5. The number of carbonyl (C=O) groups is 1. The molecule has 3 fully saturated rings. The van der Waals surface area contributed by atoms with Crippen molar-refractivity contribution in [2.75, 3.05) is 18.4 Å². The minimum absolute atomic E-state index is 0.141. The van der Waals surface area contributed by atoms with Crippen LogP contribution in [0.15, 0.2) is 79.5 Å². The normalized spacial score (nSPS) is 25.7. The maximum atomic E-state index is 12.9. The van der Waals surface area contributed by atoms with E-state index in [1.54, 1.807) is 0 Å². The van der Waals surface area contributed by atoms with Gasteiger partial charge in [0.2, 0.25) is 0 Å². The monoisotopic (exact) mass is 413 g/mol. The van der Waals surface area contributed by atoms with Crippen molar-refractivity contribution in [2.45, 2.75) is 25.0 Å². The van der Waals surface area contributed by atoms with Crippen molar-refractivity contribution >= 4 is 22.7 Å². The van der Waals surface area contributed by atoms with Crippen molar-refractivity contribution in [3.63, 3.8) is 0 Å². The van der Waals surface area contributed by atoms with E-state index < -0.39 is 6.09 Å². The predicted molar refractivity (Wildman–Crippen MR) is 123 cm³/mol. The van der Waals surface area contributed by atoms with Gasteiger partial charge in [-0.1, -0.05) is 42.5 Å². The second-order valence-electron chi connectivity index (χ2n) is 8.48. The van der Waals surface area contributed by atoms with Crippen molar-refractivity contribution in [2.24, 2.45) is 11.8 Å². The lowest BCUT2D eigenvalue weighted by Crippen LogP contribution is -2.55. The number of carbonyl (C=O) groups excluding carboxylic acids is 1. The highest BCUT2D eigenvalue weighted by Crippen LogP contribution is 2.43. The molecular formula is C26H27N3O2. The predicted octanol–water partition coefficient (Wildman–Crippen LogP) is 5.42. The van der Waals surface area contributed by atoms with E-state index in [2.05, 4.69) is 33.9 Å². The molecule has 2 bridgehead atoms. The molecule has 1 aromatic heterocycles. The first-order valence-electron chi connectivity index (χ1n) is 11.0. The third-order valence-electron chi connectivity index (χ3n) is 6.75. The number of ether oxygens (including phenoxy) is 1. The van der Waals surface area contributed by atoms with E-state index in [4.69, 9.17) is 4.74 Å². The molecule has 5 nitrogen and oxygen atoms in total. The van der Waals surface area contributed by atoms with Crippen LogP contribution in [0.3, 0.4) is 0 Å². The fourth-order valence-electron chi connectivity index (χ4n) is 5.19. The summed E-state index contributed by atoms with van der Waals surface area (Å²) in [5, 5.41) is 3.91. The van der Waals surface area contributed by atoms with Crippen LogP contribution < -0.4 is 5.32 Å². The van der Waals surface area contributed by atoms with Gasteiger partial charge in [0, 0.05) is 29.4 Å². The Morgan fingerprint density at radius 2 is 1.97 bits per heavy atom. The number of piperidine rings is 3. The standard InChI is InChI=1S/C26H27N3O2/c1-2-18-17-29-15-13-19(18)16-24(29)25(31-26(30)28-20-8-4-3-5-9-20)22-12-14-27-23-11-7-6-10-21(22)23/h2-12,14,18-19,24-25H,1,13,15-17H2,(H,28,30)/t18-,19-,24+,25-/m0/s1. The highest BCUT2D eigenvalue weighted by atomic mass is 16.6. The molecule has 3 aliphatic heterocycles. The number of amides is 1. The zero-order valence-corrected chi connectivity index (χ0v) is 17.5. The van der Waals surface area contributed by atoms with E-state index in [9.17, 15) is 4.79 Å². The SMILES string of the molecule is C=C[C@H]1CN2CC[C@H]1C[C@@H]2[C@@H](OC(=O)Nc1ccccc1)c1ccnc2ccccc12. The Bertz CT molecular complexity index is 1080. The average molecular weight is 414 g/mol. The first-order valence-corrected chi connectivity index (χ1v) is 11.0. The van der Waals surface area contributed by atoms with Gasteiger partial charge in [0.05, 0.1) is 11.6 Å². The summed E-state index contributed by atoms with van der Waals surface area (Å²) in [7, 11) is 0. The van der Waals surface area contributed by atoms with E-state index in [0.717, 1.165) is 41.7 Å². The van der Waals surface area contributed by atoms with Crippen molar-refractivity contribution in [3.05, 3.63) is 85.1 Å². The third kappa shape index (κ3) is 3.93. The number of hydrogen-bond acceptors (Lipinski definition) is 4. The Kier molecular flexibility index (Phi) is 5.43. The van der Waals surface area contributed by atoms with Crippen LogP contribution in [-0.4, -0.2) is 35.1 Å². The van der Waals surface area contributed by atoms with Gasteiger partial charge in [-0.2, -0.15) is 0 Å². The molecule has 1 unspecified atom stereocenters. The van der Waals surface area contributed by atoms with Crippen LogP contribution in [-0.2, 0) is 4.74 Å². The number of pyridine rings is 1. The van der Waals surface area contributed by atoms with E-state index in [1.165, 1.54) is 6.42 Å². The van der Waals surface area contributed by atoms with Crippen LogP contribution in [0, 0.1) is 11.8 Å². The van der Waals surface area contributed by atoms with Crippen molar-refractivity contribution in [1.82, 2.24) is 9.88 Å². The van der Waals surface area contributed by atoms with Crippen LogP contribution in [0.5, 0.6) is 0 Å². The number of nitrogens with one attached hydrogen (secondary N) is 1. The lowest BCUT2D eigenvalue weighted by Gasteiger charge is -2.51. The highest BCUT2D eigenvalue weighted by molar-refractivity contribution is 5.86. The molecule has 5 heteroatoms. The van der Waals surface area contributed by atoms with E-state index in [0.29, 0.717) is 11.8 Å². The molecule has 0 radical (unpaired) electrons. The first-order chi connectivity index (χ1) is 15.2. The molecule has 0 saturated carbocycles. The quantitative estimate of drug-likeness (QED) is 0.568. The number of benzene rings is 2. The zero-order valence-electron chi connectivity index (χ0n) is 17.5. The molecule has 4 heterocycles. The smallest absolute Gasteiger partial charge is 0.412 e. The molecule has 31 heavy (non-hydrogen) atoms. The molecule has 3 aliphatic rings. The zero-order chi connectivity index (χ0) is 21.2. The molecule has 0 spiro atoms. The fourth-order valence-corrected chi connectivity index (χ4v) is 5.19. The van der Waals surface area contributed by atoms with Gasteiger partial charge in [0.15, 0.2) is 0 Å². The molecular weight excluding hydrogens is 386 g/mol. The lowest BCUT2D eigenvalue weighted by atomic mass is 9.73. The molecule has 5 atom stereocenters. The van der Waals surface area contributed by atoms with E-state index in [-0.39, 0.29) is 12.1 Å². The van der Waals surface area contributed by atoms with Gasteiger partial charge in [-0.15, -0.1) is 6.58 Å². The Morgan fingerprint density at radius 1 is 1.16 bits per heavy atom. The first kappa shape index (κ1) is 19.8. The van der Waals surface area contributed by atoms with E-state index >= 15 is 0 Å². The minimum Gasteiger partial charge on any atom is -0.439 e. The number of para-hydroxylation sites is 2.